The first kappa shape index (κ1) is 29.1. The summed E-state index contributed by atoms with van der Waals surface area (Å²) in [6.45, 7) is -1.83. The SMILES string of the molecule is COC(=O)CN(CC(=O)OC)CC1=C(CN(CC(=O)OC)CC(=O)OC)[N+](=O)C2CCCCC2N1[O-]. The van der Waals surface area contributed by atoms with Crippen LogP contribution in [0.15, 0.2) is 11.4 Å². The van der Waals surface area contributed by atoms with Crippen LogP contribution in [0.4, 0.5) is 0 Å². The fourth-order valence-electron chi connectivity index (χ4n) is 4.36. The molecular weight excluding hydrogens is 480 g/mol. The van der Waals surface area contributed by atoms with Gasteiger partial charge in [0, 0.05) is 22.6 Å². The lowest BCUT2D eigenvalue weighted by atomic mass is 9.87. The second kappa shape index (κ2) is 13.8. The van der Waals surface area contributed by atoms with Gasteiger partial charge in [0.15, 0.2) is 0 Å². The topological polar surface area (TPSA) is 158 Å². The summed E-state index contributed by atoms with van der Waals surface area (Å²) in [5.41, 5.74) is 0.0568. The molecule has 2 aliphatic rings. The molecule has 0 bridgehead atoms. The van der Waals surface area contributed by atoms with Crippen LogP contribution in [-0.2, 0) is 38.1 Å². The first-order valence-electron chi connectivity index (χ1n) is 11.5. The molecule has 0 saturated heterocycles. The van der Waals surface area contributed by atoms with Crippen LogP contribution >= 0.6 is 0 Å². The quantitative estimate of drug-likeness (QED) is 0.185. The van der Waals surface area contributed by atoms with Gasteiger partial charge in [-0.2, -0.15) is 0 Å². The zero-order chi connectivity index (χ0) is 26.8. The lowest BCUT2D eigenvalue weighted by molar-refractivity contribution is -0.560. The maximum absolute atomic E-state index is 13.5. The maximum atomic E-state index is 13.5. The fraction of sp³-hybridized carbons (Fsp3) is 0.727. The van der Waals surface area contributed by atoms with E-state index in [1.807, 2.05) is 0 Å². The van der Waals surface area contributed by atoms with E-state index < -0.39 is 36.0 Å². The van der Waals surface area contributed by atoms with Crippen LogP contribution in [0.2, 0.25) is 0 Å². The summed E-state index contributed by atoms with van der Waals surface area (Å²) in [5, 5.41) is 14.3. The van der Waals surface area contributed by atoms with Gasteiger partial charge < -0.3 is 29.2 Å². The molecule has 0 aromatic heterocycles. The zero-order valence-corrected chi connectivity index (χ0v) is 21.1. The van der Waals surface area contributed by atoms with Crippen molar-refractivity contribution in [3.63, 3.8) is 0 Å². The highest BCUT2D eigenvalue weighted by Gasteiger charge is 2.47. The predicted molar refractivity (Wildman–Crippen MR) is 123 cm³/mol. The van der Waals surface area contributed by atoms with Gasteiger partial charge in [-0.1, -0.05) is 6.42 Å². The molecule has 36 heavy (non-hydrogen) atoms. The molecule has 0 radical (unpaired) electrons. The highest BCUT2D eigenvalue weighted by Crippen LogP contribution is 2.34. The lowest BCUT2D eigenvalue weighted by Gasteiger charge is -2.47. The Bertz CT molecular complexity index is 841. The van der Waals surface area contributed by atoms with Gasteiger partial charge in [0.05, 0.1) is 72.9 Å². The summed E-state index contributed by atoms with van der Waals surface area (Å²) in [5.74, 6) is -2.60. The van der Waals surface area contributed by atoms with Gasteiger partial charge >= 0.3 is 23.9 Å². The molecule has 2 atom stereocenters. The number of rotatable bonds is 12. The highest BCUT2D eigenvalue weighted by atomic mass is 16.5. The third-order valence-corrected chi connectivity index (χ3v) is 6.23. The molecule has 0 amide bonds. The van der Waals surface area contributed by atoms with E-state index in [1.54, 1.807) is 0 Å². The molecule has 1 aliphatic carbocycles. The van der Waals surface area contributed by atoms with Crippen molar-refractivity contribution in [3.05, 3.63) is 21.5 Å². The minimum Gasteiger partial charge on any atom is -0.758 e. The Morgan fingerprint density at radius 1 is 0.806 bits per heavy atom. The molecule has 1 saturated carbocycles. The van der Waals surface area contributed by atoms with Crippen LogP contribution in [0.3, 0.4) is 0 Å². The van der Waals surface area contributed by atoms with E-state index in [9.17, 15) is 29.3 Å². The second-order valence-electron chi connectivity index (χ2n) is 8.56. The molecule has 0 aromatic carbocycles. The average Bonchev–Trinajstić information content (AvgIpc) is 2.88. The van der Waals surface area contributed by atoms with E-state index in [1.165, 1.54) is 38.2 Å². The van der Waals surface area contributed by atoms with Crippen molar-refractivity contribution in [1.82, 2.24) is 14.9 Å². The average molecular weight is 515 g/mol. The Morgan fingerprint density at radius 3 is 1.67 bits per heavy atom. The smallest absolute Gasteiger partial charge is 0.319 e. The molecule has 1 aliphatic heterocycles. The summed E-state index contributed by atoms with van der Waals surface area (Å²) in [4.78, 5) is 64.1. The number of methoxy groups -OCH3 is 4. The zero-order valence-electron chi connectivity index (χ0n) is 21.1. The number of carbonyl (C=O) groups is 4. The van der Waals surface area contributed by atoms with Crippen molar-refractivity contribution < 1.29 is 42.9 Å². The van der Waals surface area contributed by atoms with E-state index in [2.05, 4.69) is 0 Å². The van der Waals surface area contributed by atoms with Crippen LogP contribution in [0.25, 0.3) is 0 Å². The van der Waals surface area contributed by atoms with Gasteiger partial charge in [0.25, 0.3) is 5.70 Å². The number of hydroxylamine groups is 2. The van der Waals surface area contributed by atoms with Crippen LogP contribution < -0.4 is 0 Å². The van der Waals surface area contributed by atoms with E-state index in [0.717, 1.165) is 22.7 Å². The van der Waals surface area contributed by atoms with Crippen LogP contribution in [0.1, 0.15) is 25.7 Å². The minimum atomic E-state index is -0.651. The highest BCUT2D eigenvalue weighted by molar-refractivity contribution is 5.75. The summed E-state index contributed by atoms with van der Waals surface area (Å²) >= 11 is 0. The van der Waals surface area contributed by atoms with Crippen molar-refractivity contribution in [3.8, 4) is 0 Å². The van der Waals surface area contributed by atoms with Crippen molar-refractivity contribution in [1.29, 1.82) is 0 Å². The third-order valence-electron chi connectivity index (χ3n) is 6.23. The lowest BCUT2D eigenvalue weighted by Crippen LogP contribution is -2.55. The molecule has 2 unspecified atom stereocenters. The number of hydrogen-bond acceptors (Lipinski definition) is 13. The van der Waals surface area contributed by atoms with Gasteiger partial charge in [-0.25, -0.2) is 0 Å². The van der Waals surface area contributed by atoms with E-state index in [-0.39, 0.29) is 50.7 Å². The summed E-state index contributed by atoms with van der Waals surface area (Å²) in [6, 6.07) is -1.22. The largest absolute Gasteiger partial charge is 0.758 e. The normalized spacial score (nSPS) is 19.8. The second-order valence-corrected chi connectivity index (χ2v) is 8.56. The van der Waals surface area contributed by atoms with Crippen LogP contribution in [-0.4, -0.2) is 123 Å². The minimum absolute atomic E-state index is 0.0284. The molecule has 202 valence electrons. The number of nitroso groups, excluding NO2 is 1. The number of ether oxygens (including phenoxy) is 4. The summed E-state index contributed by atoms with van der Waals surface area (Å²) < 4.78 is 19.6. The molecule has 2 rings (SSSR count). The Kier molecular flexibility index (Phi) is 11.2. The molecular formula is C22H34N4O10. The number of esters is 4. The van der Waals surface area contributed by atoms with E-state index >= 15 is 0 Å². The van der Waals surface area contributed by atoms with Crippen molar-refractivity contribution in [2.75, 3.05) is 67.7 Å². The van der Waals surface area contributed by atoms with Gasteiger partial charge in [-0.3, -0.25) is 29.0 Å². The Hall–Kier alpha value is -3.10. The van der Waals surface area contributed by atoms with Gasteiger partial charge in [-0.15, -0.1) is 0 Å². The summed E-state index contributed by atoms with van der Waals surface area (Å²) in [6.07, 6.45) is 2.57. The number of nitrogens with zero attached hydrogens (tertiary/aromatic N) is 4. The van der Waals surface area contributed by atoms with Crippen LogP contribution in [0.5, 0.6) is 0 Å². The molecule has 1 heterocycles. The van der Waals surface area contributed by atoms with Crippen molar-refractivity contribution >= 4 is 23.9 Å². The molecule has 0 aromatic rings. The monoisotopic (exact) mass is 514 g/mol. The number of fused-ring (bicyclic) bond motifs is 1. The van der Waals surface area contributed by atoms with Crippen molar-refractivity contribution in [2.24, 2.45) is 0 Å². The molecule has 14 heteroatoms. The molecule has 1 fully saturated rings. The number of hydrogen-bond donors (Lipinski definition) is 0. The number of carbonyl (C=O) groups excluding carboxylic acids is 4. The van der Waals surface area contributed by atoms with Gasteiger partial charge in [0.1, 0.15) is 0 Å². The van der Waals surface area contributed by atoms with Gasteiger partial charge in [0.2, 0.25) is 6.04 Å². The fourth-order valence-corrected chi connectivity index (χ4v) is 4.36. The van der Waals surface area contributed by atoms with E-state index in [4.69, 9.17) is 18.9 Å². The Balaban J connectivity index is 2.49. The van der Waals surface area contributed by atoms with Crippen molar-refractivity contribution in [2.45, 2.75) is 37.8 Å². The Morgan fingerprint density at radius 2 is 1.22 bits per heavy atom. The molecule has 0 spiro atoms. The Labute approximate surface area is 209 Å². The predicted octanol–water partition coefficient (Wildman–Crippen LogP) is -0.602. The summed E-state index contributed by atoms with van der Waals surface area (Å²) in [7, 11) is 4.75. The molecule has 14 nitrogen and oxygen atoms in total. The third kappa shape index (κ3) is 7.70. The molecule has 0 N–H and O–H groups in total. The first-order chi connectivity index (χ1) is 17.1. The first-order valence-corrected chi connectivity index (χ1v) is 11.5. The van der Waals surface area contributed by atoms with Crippen LogP contribution in [0, 0.1) is 10.1 Å². The van der Waals surface area contributed by atoms with E-state index in [0.29, 0.717) is 12.8 Å². The maximum Gasteiger partial charge on any atom is 0.319 e. The standard InChI is InChI=1S/C22H34N4O10/c1-33-19(27)11-23(12-20(28)34-2)9-17-18(10-24(13-21(29)35-3)14-22(30)36-4)26(32)16-8-6-5-7-15(16)25(17)31/h15-16H,5-14H2,1-4H3. The van der Waals surface area contributed by atoms with Gasteiger partial charge in [-0.05, 0) is 12.8 Å².